The molecular weight excluding hydrogens is 280 g/mol. The zero-order chi connectivity index (χ0) is 8.85. The molecule has 0 aliphatic carbocycles. The maximum Gasteiger partial charge on any atom is 0.320 e. The molecule has 4 nitrogen and oxygen atoms in total. The number of hydrogen-bond acceptors (Lipinski definition) is 3. The van der Waals surface area contributed by atoms with Crippen LogP contribution in [0.5, 0.6) is 0 Å². The van der Waals surface area contributed by atoms with E-state index in [9.17, 15) is 4.79 Å². The molecule has 3 N–H and O–H groups in total. The van der Waals surface area contributed by atoms with Gasteiger partial charge in [-0.1, -0.05) is 0 Å². The lowest BCUT2D eigenvalue weighted by Crippen LogP contribution is -2.30. The predicted molar refractivity (Wildman–Crippen MR) is 49.4 cm³/mol. The average Bonchev–Trinajstić information content (AvgIpc) is 1.86. The van der Waals surface area contributed by atoms with Crippen LogP contribution in [0.3, 0.4) is 0 Å². The van der Waals surface area contributed by atoms with E-state index >= 15 is 0 Å². The number of rotatable bonds is 5. The van der Waals surface area contributed by atoms with Gasteiger partial charge in [-0.05, 0) is 12.8 Å². The third-order valence-electron chi connectivity index (χ3n) is 1.16. The molecule has 0 heterocycles. The average molecular weight is 290 g/mol. The molecule has 0 aromatic heterocycles. The van der Waals surface area contributed by atoms with Gasteiger partial charge in [-0.25, -0.2) is 0 Å². The van der Waals surface area contributed by atoms with Crippen molar-refractivity contribution in [3.8, 4) is 0 Å². The zero-order valence-corrected chi connectivity index (χ0v) is 9.01. The summed E-state index contributed by atoms with van der Waals surface area (Å²) < 4.78 is 1.63. The van der Waals surface area contributed by atoms with Crippen LogP contribution >= 0.6 is 32.3 Å². The monoisotopic (exact) mass is 288 g/mol. The first-order chi connectivity index (χ1) is 5.04. The summed E-state index contributed by atoms with van der Waals surface area (Å²) in [4.78, 5) is 10.2. The quantitative estimate of drug-likeness (QED) is 0.744. The van der Waals surface area contributed by atoms with Gasteiger partial charge in [-0.2, -0.15) is 2.95 Å². The topological polar surface area (TPSA) is 66.6 Å². The zero-order valence-electron chi connectivity index (χ0n) is 5.83. The Balaban J connectivity index is 3.31. The van der Waals surface area contributed by atoms with Crippen LogP contribution in [0.1, 0.15) is 12.8 Å². The molecule has 0 amide bonds. The van der Waals surface area contributed by atoms with Crippen molar-refractivity contribution >= 4 is 38.3 Å². The lowest BCUT2D eigenvalue weighted by Gasteiger charge is -2.07. The van der Waals surface area contributed by atoms with E-state index in [1.807, 2.05) is 0 Å². The number of halogens is 2. The minimum Gasteiger partial charge on any atom is -0.480 e. The highest BCUT2D eigenvalue weighted by Crippen LogP contribution is 2.07. The first-order valence-corrected chi connectivity index (χ1v) is 4.53. The van der Waals surface area contributed by atoms with Gasteiger partial charge in [-0.3, -0.25) is 4.79 Å². The largest absolute Gasteiger partial charge is 0.480 e. The maximum absolute atomic E-state index is 10.2. The summed E-state index contributed by atoms with van der Waals surface area (Å²) in [6, 6.07) is -0.741. The number of nitrogens with two attached hydrogens (primary N) is 1. The van der Waals surface area contributed by atoms with Crippen LogP contribution in [-0.4, -0.2) is 26.6 Å². The highest BCUT2D eigenvalue weighted by atomic mass is 79.9. The Morgan fingerprint density at radius 2 is 2.18 bits per heavy atom. The summed E-state index contributed by atoms with van der Waals surface area (Å²) >= 11 is 6.25. The van der Waals surface area contributed by atoms with Gasteiger partial charge < -0.3 is 10.8 Å². The molecule has 1 unspecified atom stereocenters. The number of hydrogen-bond donors (Lipinski definition) is 2. The van der Waals surface area contributed by atoms with Crippen LogP contribution in [0.15, 0.2) is 0 Å². The Morgan fingerprint density at radius 3 is 2.55 bits per heavy atom. The second-order valence-corrected chi connectivity index (χ2v) is 4.78. The van der Waals surface area contributed by atoms with Crippen molar-refractivity contribution in [2.45, 2.75) is 18.9 Å². The van der Waals surface area contributed by atoms with Crippen molar-refractivity contribution in [2.24, 2.45) is 5.73 Å². The normalized spacial score (nSPS) is 13.5. The van der Waals surface area contributed by atoms with E-state index in [0.29, 0.717) is 6.42 Å². The summed E-state index contributed by atoms with van der Waals surface area (Å²) in [6.45, 7) is 0.723. The standard InChI is InChI=1S/C5H10Br2N2O2/c6-9(7)3-1-2-4(8)5(10)11/h4H,1-3,8H2,(H,10,11). The SMILES string of the molecule is NC(CCCN(Br)Br)C(=O)O. The van der Waals surface area contributed by atoms with Gasteiger partial charge in [-0.15, -0.1) is 0 Å². The number of carboxylic acid groups (broad SMARTS) is 1. The Kier molecular flexibility index (Phi) is 6.12. The first-order valence-electron chi connectivity index (χ1n) is 3.11. The van der Waals surface area contributed by atoms with Gasteiger partial charge in [0.1, 0.15) is 6.04 Å². The number of nitrogens with zero attached hydrogens (tertiary/aromatic N) is 1. The van der Waals surface area contributed by atoms with Crippen LogP contribution in [0.4, 0.5) is 0 Å². The highest BCUT2D eigenvalue weighted by Gasteiger charge is 2.10. The minimum absolute atomic E-state index is 0.489. The molecule has 0 aromatic carbocycles. The van der Waals surface area contributed by atoms with Crippen LogP contribution in [0.25, 0.3) is 0 Å². The molecule has 0 saturated heterocycles. The Labute approximate surface area is 82.4 Å². The molecule has 0 spiro atoms. The summed E-state index contributed by atoms with van der Waals surface area (Å²) in [5.41, 5.74) is 5.25. The second kappa shape index (κ2) is 5.93. The fourth-order valence-corrected chi connectivity index (χ4v) is 1.06. The Hall–Kier alpha value is 0.350. The van der Waals surface area contributed by atoms with E-state index in [2.05, 4.69) is 32.3 Å². The maximum atomic E-state index is 10.2. The van der Waals surface area contributed by atoms with Gasteiger partial charge in [0.25, 0.3) is 0 Å². The second-order valence-electron chi connectivity index (χ2n) is 2.11. The van der Waals surface area contributed by atoms with Gasteiger partial charge in [0, 0.05) is 38.8 Å². The minimum atomic E-state index is -0.944. The molecule has 66 valence electrons. The van der Waals surface area contributed by atoms with Crippen molar-refractivity contribution in [2.75, 3.05) is 6.54 Å². The number of aliphatic carboxylic acids is 1. The number of carboxylic acids is 1. The van der Waals surface area contributed by atoms with Gasteiger partial charge in [0.05, 0.1) is 0 Å². The molecule has 0 aliphatic heterocycles. The smallest absolute Gasteiger partial charge is 0.320 e. The van der Waals surface area contributed by atoms with Crippen molar-refractivity contribution < 1.29 is 9.90 Å². The first kappa shape index (κ1) is 11.4. The van der Waals surface area contributed by atoms with E-state index in [1.54, 1.807) is 2.95 Å². The fourth-order valence-electron chi connectivity index (χ4n) is 0.554. The number of carbonyl (C=O) groups is 1. The van der Waals surface area contributed by atoms with Crippen LogP contribution in [0, 0.1) is 0 Å². The lowest BCUT2D eigenvalue weighted by molar-refractivity contribution is -0.138. The molecule has 11 heavy (non-hydrogen) atoms. The lowest BCUT2D eigenvalue weighted by atomic mass is 10.2. The molecule has 0 saturated carbocycles. The van der Waals surface area contributed by atoms with Crippen LogP contribution in [-0.2, 0) is 4.79 Å². The van der Waals surface area contributed by atoms with E-state index in [4.69, 9.17) is 10.8 Å². The van der Waals surface area contributed by atoms with Gasteiger partial charge >= 0.3 is 5.97 Å². The molecule has 6 heteroatoms. The molecule has 0 aromatic rings. The third kappa shape index (κ3) is 6.74. The molecule has 0 aliphatic rings. The highest BCUT2D eigenvalue weighted by molar-refractivity contribution is 9.21. The van der Waals surface area contributed by atoms with E-state index < -0.39 is 12.0 Å². The van der Waals surface area contributed by atoms with E-state index in [-0.39, 0.29) is 0 Å². The van der Waals surface area contributed by atoms with Gasteiger partial charge in [0.15, 0.2) is 0 Å². The molecule has 0 radical (unpaired) electrons. The Morgan fingerprint density at radius 1 is 1.64 bits per heavy atom. The molecular formula is C5H10Br2N2O2. The van der Waals surface area contributed by atoms with E-state index in [1.165, 1.54) is 0 Å². The predicted octanol–water partition coefficient (Wildman–Crippen LogP) is 1.10. The van der Waals surface area contributed by atoms with Crippen molar-refractivity contribution in [3.05, 3.63) is 0 Å². The molecule has 0 rings (SSSR count). The molecule has 1 atom stereocenters. The van der Waals surface area contributed by atoms with Crippen molar-refractivity contribution in [3.63, 3.8) is 0 Å². The van der Waals surface area contributed by atoms with Crippen molar-refractivity contribution in [1.82, 2.24) is 2.95 Å². The van der Waals surface area contributed by atoms with E-state index in [0.717, 1.165) is 13.0 Å². The Bertz CT molecular complexity index is 132. The summed E-state index contributed by atoms with van der Waals surface area (Å²) in [6.07, 6.45) is 1.23. The summed E-state index contributed by atoms with van der Waals surface area (Å²) in [5.74, 6) is -0.944. The summed E-state index contributed by atoms with van der Waals surface area (Å²) in [5, 5.41) is 8.39. The van der Waals surface area contributed by atoms with Crippen molar-refractivity contribution in [1.29, 1.82) is 0 Å². The summed E-state index contributed by atoms with van der Waals surface area (Å²) in [7, 11) is 0. The third-order valence-corrected chi connectivity index (χ3v) is 1.87. The molecule has 0 fully saturated rings. The van der Waals surface area contributed by atoms with Crippen LogP contribution < -0.4 is 5.73 Å². The molecule has 0 bridgehead atoms. The van der Waals surface area contributed by atoms with Gasteiger partial charge in [0.2, 0.25) is 0 Å². The van der Waals surface area contributed by atoms with Crippen LogP contribution in [0.2, 0.25) is 0 Å². The fraction of sp³-hybridized carbons (Fsp3) is 0.800.